The topological polar surface area (TPSA) is 85.4 Å². The summed E-state index contributed by atoms with van der Waals surface area (Å²) in [6, 6.07) is 18.9. The Morgan fingerprint density at radius 2 is 1.79 bits per heavy atom. The summed E-state index contributed by atoms with van der Waals surface area (Å²) in [4.78, 5) is 12.4. The van der Waals surface area contributed by atoms with Gasteiger partial charge in [0.1, 0.15) is 17.3 Å². The molecule has 0 saturated heterocycles. The molecule has 3 aromatic rings. The Hall–Kier alpha value is -3.61. The molecule has 7 heteroatoms. The number of aromatic nitrogens is 2. The fourth-order valence-corrected chi connectivity index (χ4v) is 2.79. The Bertz CT molecular complexity index is 931. The molecule has 0 unspecified atom stereocenters. The second kappa shape index (κ2) is 10.1. The second-order valence-corrected chi connectivity index (χ2v) is 6.34. The Balaban J connectivity index is 1.52. The van der Waals surface area contributed by atoms with Crippen LogP contribution in [0.4, 0.5) is 11.5 Å². The van der Waals surface area contributed by atoms with Gasteiger partial charge >= 0.3 is 0 Å². The van der Waals surface area contributed by atoms with Gasteiger partial charge in [-0.2, -0.15) is 0 Å². The summed E-state index contributed by atoms with van der Waals surface area (Å²) in [6.07, 6.45) is 1.97. The van der Waals surface area contributed by atoms with Crippen LogP contribution in [0.3, 0.4) is 0 Å². The zero-order chi connectivity index (χ0) is 20.5. The van der Waals surface area contributed by atoms with Gasteiger partial charge in [0.25, 0.3) is 5.91 Å². The number of anilines is 2. The fraction of sp³-hybridized carbons (Fsp3) is 0.227. The van der Waals surface area contributed by atoms with Crippen LogP contribution in [-0.4, -0.2) is 36.9 Å². The van der Waals surface area contributed by atoms with Crippen LogP contribution in [0, 0.1) is 0 Å². The molecule has 0 saturated carbocycles. The van der Waals surface area contributed by atoms with E-state index < -0.39 is 0 Å². The van der Waals surface area contributed by atoms with Crippen LogP contribution in [0.2, 0.25) is 0 Å². The molecular formula is C22H24N4O3. The Morgan fingerprint density at radius 3 is 2.48 bits per heavy atom. The maximum absolute atomic E-state index is 12.4. The number of carbonyl (C=O) groups excluding carboxylic acids is 1. The van der Waals surface area contributed by atoms with Gasteiger partial charge in [0.15, 0.2) is 5.69 Å². The first-order chi connectivity index (χ1) is 14.2. The highest BCUT2D eigenvalue weighted by molar-refractivity contribution is 6.03. The molecule has 1 amide bonds. The van der Waals surface area contributed by atoms with E-state index in [1.54, 1.807) is 37.4 Å². The van der Waals surface area contributed by atoms with Crippen molar-refractivity contribution >= 4 is 17.4 Å². The van der Waals surface area contributed by atoms with E-state index in [0.29, 0.717) is 23.0 Å². The first-order valence-electron chi connectivity index (χ1n) is 9.34. The molecule has 0 bridgehead atoms. The number of hydrogen-bond donors (Lipinski definition) is 2. The minimum absolute atomic E-state index is 0.220. The molecule has 0 radical (unpaired) electrons. The van der Waals surface area contributed by atoms with E-state index in [1.165, 1.54) is 12.7 Å². The van der Waals surface area contributed by atoms with Crippen LogP contribution in [0.1, 0.15) is 22.5 Å². The summed E-state index contributed by atoms with van der Waals surface area (Å²) in [7, 11) is 3.10. The molecule has 3 rings (SSSR count). The van der Waals surface area contributed by atoms with Crippen molar-refractivity contribution in [2.75, 3.05) is 31.4 Å². The summed E-state index contributed by atoms with van der Waals surface area (Å²) >= 11 is 0. The third-order valence-electron chi connectivity index (χ3n) is 4.35. The van der Waals surface area contributed by atoms with Gasteiger partial charge in [-0.1, -0.05) is 30.3 Å². The lowest BCUT2D eigenvalue weighted by Crippen LogP contribution is -2.15. The summed E-state index contributed by atoms with van der Waals surface area (Å²) < 4.78 is 10.4. The van der Waals surface area contributed by atoms with Crippen LogP contribution in [0.5, 0.6) is 11.5 Å². The molecule has 0 atom stereocenters. The molecule has 0 aliphatic rings. The van der Waals surface area contributed by atoms with Crippen LogP contribution in [-0.2, 0) is 6.42 Å². The van der Waals surface area contributed by atoms with Crippen molar-refractivity contribution in [1.82, 2.24) is 10.2 Å². The summed E-state index contributed by atoms with van der Waals surface area (Å²) in [6.45, 7) is 0.776. The molecule has 0 aliphatic heterocycles. The van der Waals surface area contributed by atoms with E-state index in [1.807, 2.05) is 18.2 Å². The van der Waals surface area contributed by atoms with Crippen LogP contribution >= 0.6 is 0 Å². The SMILES string of the molecule is COc1ccc(NC(=O)c2ccc(NCCCc3ccccc3)nn2)c(OC)c1. The van der Waals surface area contributed by atoms with Crippen molar-refractivity contribution in [2.45, 2.75) is 12.8 Å². The van der Waals surface area contributed by atoms with Gasteiger partial charge < -0.3 is 20.1 Å². The number of aryl methyl sites for hydroxylation is 1. The smallest absolute Gasteiger partial charge is 0.276 e. The molecule has 0 aliphatic carbocycles. The van der Waals surface area contributed by atoms with E-state index >= 15 is 0 Å². The number of methoxy groups -OCH3 is 2. The molecule has 29 heavy (non-hydrogen) atoms. The molecule has 2 N–H and O–H groups in total. The number of hydrogen-bond acceptors (Lipinski definition) is 6. The minimum atomic E-state index is -0.364. The molecule has 150 valence electrons. The molecule has 2 aromatic carbocycles. The van der Waals surface area contributed by atoms with Crippen LogP contribution < -0.4 is 20.1 Å². The predicted octanol–water partition coefficient (Wildman–Crippen LogP) is 3.79. The van der Waals surface area contributed by atoms with Crippen molar-refractivity contribution < 1.29 is 14.3 Å². The van der Waals surface area contributed by atoms with Crippen LogP contribution in [0.15, 0.2) is 60.7 Å². The zero-order valence-electron chi connectivity index (χ0n) is 16.5. The molecule has 0 fully saturated rings. The molecule has 1 aromatic heterocycles. The third-order valence-corrected chi connectivity index (χ3v) is 4.35. The van der Waals surface area contributed by atoms with E-state index in [2.05, 4.69) is 33.0 Å². The summed E-state index contributed by atoms with van der Waals surface area (Å²) in [5, 5.41) is 14.1. The van der Waals surface area contributed by atoms with Crippen molar-refractivity contribution in [1.29, 1.82) is 0 Å². The molecule has 0 spiro atoms. The Morgan fingerprint density at radius 1 is 0.966 bits per heavy atom. The molecule has 1 heterocycles. The number of nitrogens with zero attached hydrogens (tertiary/aromatic N) is 2. The van der Waals surface area contributed by atoms with Gasteiger partial charge in [0.2, 0.25) is 0 Å². The van der Waals surface area contributed by atoms with Crippen molar-refractivity contribution in [2.24, 2.45) is 0 Å². The summed E-state index contributed by atoms with van der Waals surface area (Å²) in [5.41, 5.74) is 2.06. The van der Waals surface area contributed by atoms with E-state index in [9.17, 15) is 4.79 Å². The maximum atomic E-state index is 12.4. The normalized spacial score (nSPS) is 10.3. The van der Waals surface area contributed by atoms with Gasteiger partial charge in [-0.25, -0.2) is 0 Å². The van der Waals surface area contributed by atoms with Crippen molar-refractivity contribution in [3.05, 3.63) is 71.9 Å². The number of ether oxygens (including phenoxy) is 2. The first-order valence-corrected chi connectivity index (χ1v) is 9.34. The highest BCUT2D eigenvalue weighted by Gasteiger charge is 2.12. The second-order valence-electron chi connectivity index (χ2n) is 6.34. The third kappa shape index (κ3) is 5.68. The molecular weight excluding hydrogens is 368 g/mol. The van der Waals surface area contributed by atoms with Gasteiger partial charge in [0, 0.05) is 12.6 Å². The first kappa shape index (κ1) is 20.1. The highest BCUT2D eigenvalue weighted by Crippen LogP contribution is 2.29. The number of carbonyl (C=O) groups is 1. The van der Waals surface area contributed by atoms with Crippen LogP contribution in [0.25, 0.3) is 0 Å². The summed E-state index contributed by atoms with van der Waals surface area (Å²) in [5.74, 6) is 1.41. The fourth-order valence-electron chi connectivity index (χ4n) is 2.79. The Labute approximate surface area is 170 Å². The molecule has 7 nitrogen and oxygen atoms in total. The standard InChI is InChI=1S/C22H24N4O3/c1-28-17-10-11-18(20(15-17)29-2)24-22(27)19-12-13-21(26-25-19)23-14-6-9-16-7-4-3-5-8-16/h3-5,7-8,10-13,15H,6,9,14H2,1-2H3,(H,23,26)(H,24,27). The lowest BCUT2D eigenvalue weighted by Gasteiger charge is -2.11. The zero-order valence-corrected chi connectivity index (χ0v) is 16.5. The largest absolute Gasteiger partial charge is 0.497 e. The van der Waals surface area contributed by atoms with Gasteiger partial charge in [0.05, 0.1) is 19.9 Å². The average molecular weight is 392 g/mol. The quantitative estimate of drug-likeness (QED) is 0.539. The monoisotopic (exact) mass is 392 g/mol. The van der Waals surface area contributed by atoms with Crippen molar-refractivity contribution in [3.8, 4) is 11.5 Å². The lowest BCUT2D eigenvalue weighted by atomic mass is 10.1. The number of amides is 1. The predicted molar refractivity (Wildman–Crippen MR) is 113 cm³/mol. The lowest BCUT2D eigenvalue weighted by molar-refractivity contribution is 0.102. The van der Waals surface area contributed by atoms with E-state index in [-0.39, 0.29) is 11.6 Å². The maximum Gasteiger partial charge on any atom is 0.276 e. The van der Waals surface area contributed by atoms with Gasteiger partial charge in [-0.15, -0.1) is 10.2 Å². The van der Waals surface area contributed by atoms with E-state index in [0.717, 1.165) is 19.4 Å². The van der Waals surface area contributed by atoms with Crippen molar-refractivity contribution in [3.63, 3.8) is 0 Å². The Kier molecular flexibility index (Phi) is 7.00. The minimum Gasteiger partial charge on any atom is -0.497 e. The van der Waals surface area contributed by atoms with Gasteiger partial charge in [-0.05, 0) is 42.7 Å². The number of rotatable bonds is 9. The van der Waals surface area contributed by atoms with E-state index in [4.69, 9.17) is 9.47 Å². The number of nitrogens with one attached hydrogen (secondary N) is 2. The van der Waals surface area contributed by atoms with Gasteiger partial charge in [-0.3, -0.25) is 4.79 Å². The average Bonchev–Trinajstić information content (AvgIpc) is 2.78. The highest BCUT2D eigenvalue weighted by atomic mass is 16.5. The number of benzene rings is 2.